The van der Waals surface area contributed by atoms with Crippen LogP contribution in [0.3, 0.4) is 0 Å². The molecular weight excluding hydrogens is 212 g/mol. The monoisotopic (exact) mass is 224 g/mol. The normalized spacial score (nSPS) is 10.6. The molecule has 3 nitrogen and oxygen atoms in total. The van der Waals surface area contributed by atoms with Crippen LogP contribution in [0.4, 0.5) is 0 Å². The molecule has 0 saturated heterocycles. The minimum Gasteiger partial charge on any atom is -0.471 e. The summed E-state index contributed by atoms with van der Waals surface area (Å²) in [7, 11) is 0. The van der Waals surface area contributed by atoms with Crippen molar-refractivity contribution in [2.24, 2.45) is 0 Å². The molecular formula is C14H12N2O. The quantitative estimate of drug-likeness (QED) is 0.683. The van der Waals surface area contributed by atoms with Crippen LogP contribution in [0.5, 0.6) is 5.88 Å². The largest absolute Gasteiger partial charge is 0.471 e. The fourth-order valence-corrected chi connectivity index (χ4v) is 1.78. The molecule has 3 aromatic rings. The zero-order chi connectivity index (χ0) is 11.5. The highest BCUT2D eigenvalue weighted by Gasteiger charge is 2.03. The summed E-state index contributed by atoms with van der Waals surface area (Å²) < 4.78 is 7.73. The highest BCUT2D eigenvalue weighted by atomic mass is 16.5. The molecule has 0 atom stereocenters. The first-order chi connectivity index (χ1) is 8.43. The molecule has 0 spiro atoms. The number of nitrogens with zero attached hydrogens (tertiary/aromatic N) is 2. The lowest BCUT2D eigenvalue weighted by Crippen LogP contribution is -1.98. The van der Waals surface area contributed by atoms with E-state index in [9.17, 15) is 0 Å². The van der Waals surface area contributed by atoms with Crippen LogP contribution in [0.15, 0.2) is 61.1 Å². The van der Waals surface area contributed by atoms with E-state index in [1.165, 1.54) is 0 Å². The smallest absolute Gasteiger partial charge is 0.238 e. The van der Waals surface area contributed by atoms with Crippen molar-refractivity contribution in [2.75, 3.05) is 0 Å². The van der Waals surface area contributed by atoms with Crippen LogP contribution in [0.25, 0.3) is 5.52 Å². The maximum atomic E-state index is 5.73. The molecule has 17 heavy (non-hydrogen) atoms. The van der Waals surface area contributed by atoms with E-state index in [-0.39, 0.29) is 0 Å². The van der Waals surface area contributed by atoms with Gasteiger partial charge >= 0.3 is 0 Å². The Morgan fingerprint density at radius 1 is 1.00 bits per heavy atom. The Balaban J connectivity index is 1.84. The van der Waals surface area contributed by atoms with Gasteiger partial charge in [0.05, 0.1) is 0 Å². The molecule has 0 aliphatic carbocycles. The third kappa shape index (κ3) is 1.99. The van der Waals surface area contributed by atoms with Crippen molar-refractivity contribution in [1.29, 1.82) is 0 Å². The maximum Gasteiger partial charge on any atom is 0.238 e. The van der Waals surface area contributed by atoms with Crippen LogP contribution in [-0.2, 0) is 6.61 Å². The fraction of sp³-hybridized carbons (Fsp3) is 0.0714. The third-order valence-electron chi connectivity index (χ3n) is 2.64. The lowest BCUT2D eigenvalue weighted by Gasteiger charge is -2.06. The number of hydrogen-bond donors (Lipinski definition) is 0. The van der Waals surface area contributed by atoms with Gasteiger partial charge in [-0.05, 0) is 17.7 Å². The minimum absolute atomic E-state index is 0.540. The third-order valence-corrected chi connectivity index (χ3v) is 2.64. The van der Waals surface area contributed by atoms with Gasteiger partial charge < -0.3 is 9.14 Å². The average Bonchev–Trinajstić information content (AvgIpc) is 2.86. The zero-order valence-corrected chi connectivity index (χ0v) is 9.28. The van der Waals surface area contributed by atoms with Crippen molar-refractivity contribution < 1.29 is 4.74 Å². The standard InChI is InChI=1S/C14H12N2O/c1-2-5-12(6-3-1)11-17-14-13-7-4-9-16(13)10-8-15-14/h1-10H,11H2. The number of ether oxygens (including phenoxy) is 1. The summed E-state index contributed by atoms with van der Waals surface area (Å²) in [6.07, 6.45) is 5.63. The molecule has 3 rings (SSSR count). The summed E-state index contributed by atoms with van der Waals surface area (Å²) in [5.41, 5.74) is 2.13. The average molecular weight is 224 g/mol. The van der Waals surface area contributed by atoms with Crippen molar-refractivity contribution in [1.82, 2.24) is 9.38 Å². The second-order valence-corrected chi connectivity index (χ2v) is 3.81. The van der Waals surface area contributed by atoms with E-state index in [2.05, 4.69) is 4.98 Å². The maximum absolute atomic E-state index is 5.73. The fourth-order valence-electron chi connectivity index (χ4n) is 1.78. The van der Waals surface area contributed by atoms with Crippen molar-refractivity contribution >= 4 is 5.52 Å². The van der Waals surface area contributed by atoms with Crippen molar-refractivity contribution in [2.45, 2.75) is 6.61 Å². The molecule has 0 bridgehead atoms. The second-order valence-electron chi connectivity index (χ2n) is 3.81. The molecule has 0 radical (unpaired) electrons. The molecule has 2 heterocycles. The van der Waals surface area contributed by atoms with Crippen LogP contribution in [0.2, 0.25) is 0 Å². The molecule has 0 fully saturated rings. The first kappa shape index (κ1) is 9.90. The van der Waals surface area contributed by atoms with E-state index in [0.717, 1.165) is 11.1 Å². The van der Waals surface area contributed by atoms with E-state index >= 15 is 0 Å². The van der Waals surface area contributed by atoms with E-state index < -0.39 is 0 Å². The van der Waals surface area contributed by atoms with Crippen molar-refractivity contribution in [3.63, 3.8) is 0 Å². The summed E-state index contributed by atoms with van der Waals surface area (Å²) in [6, 6.07) is 14.1. The van der Waals surface area contributed by atoms with Gasteiger partial charge in [0.2, 0.25) is 5.88 Å². The zero-order valence-electron chi connectivity index (χ0n) is 9.28. The molecule has 0 amide bonds. The first-order valence-corrected chi connectivity index (χ1v) is 5.52. The molecule has 3 heteroatoms. The Bertz CT molecular complexity index is 616. The minimum atomic E-state index is 0.540. The van der Waals surface area contributed by atoms with Gasteiger partial charge in [0.15, 0.2) is 0 Å². The molecule has 1 aromatic carbocycles. The summed E-state index contributed by atoms with van der Waals surface area (Å²) in [4.78, 5) is 4.25. The number of rotatable bonds is 3. The first-order valence-electron chi connectivity index (χ1n) is 5.52. The van der Waals surface area contributed by atoms with E-state index in [4.69, 9.17) is 4.74 Å². The number of benzene rings is 1. The van der Waals surface area contributed by atoms with Gasteiger partial charge in [-0.1, -0.05) is 30.3 Å². The Kier molecular flexibility index (Phi) is 2.50. The van der Waals surface area contributed by atoms with Gasteiger partial charge in [-0.25, -0.2) is 4.98 Å². The summed E-state index contributed by atoms with van der Waals surface area (Å²) in [6.45, 7) is 0.540. The molecule has 84 valence electrons. The molecule has 0 aliphatic rings. The Morgan fingerprint density at radius 3 is 2.76 bits per heavy atom. The van der Waals surface area contributed by atoms with Gasteiger partial charge in [-0.15, -0.1) is 0 Å². The summed E-state index contributed by atoms with van der Waals surface area (Å²) >= 11 is 0. The summed E-state index contributed by atoms with van der Waals surface area (Å²) in [5, 5.41) is 0. The van der Waals surface area contributed by atoms with Crippen LogP contribution >= 0.6 is 0 Å². The van der Waals surface area contributed by atoms with E-state index in [0.29, 0.717) is 12.5 Å². The van der Waals surface area contributed by atoms with Crippen LogP contribution in [0.1, 0.15) is 5.56 Å². The van der Waals surface area contributed by atoms with Crippen LogP contribution in [-0.4, -0.2) is 9.38 Å². The lowest BCUT2D eigenvalue weighted by molar-refractivity contribution is 0.296. The Morgan fingerprint density at radius 2 is 1.88 bits per heavy atom. The number of aromatic nitrogens is 2. The highest BCUT2D eigenvalue weighted by Crippen LogP contribution is 2.17. The Labute approximate surface area is 99.3 Å². The van der Waals surface area contributed by atoms with Crippen molar-refractivity contribution in [3.05, 3.63) is 66.6 Å². The molecule has 2 aromatic heterocycles. The van der Waals surface area contributed by atoms with E-state index in [1.54, 1.807) is 6.20 Å². The van der Waals surface area contributed by atoms with Crippen molar-refractivity contribution in [3.8, 4) is 5.88 Å². The topological polar surface area (TPSA) is 26.5 Å². The number of fused-ring (bicyclic) bond motifs is 1. The molecule has 0 unspecified atom stereocenters. The highest BCUT2D eigenvalue weighted by molar-refractivity contribution is 5.56. The van der Waals surface area contributed by atoms with Gasteiger partial charge in [-0.3, -0.25) is 0 Å². The predicted octanol–water partition coefficient (Wildman–Crippen LogP) is 2.91. The molecule has 0 N–H and O–H groups in total. The van der Waals surface area contributed by atoms with Gasteiger partial charge in [-0.2, -0.15) is 0 Å². The van der Waals surface area contributed by atoms with E-state index in [1.807, 2.05) is 59.3 Å². The Hall–Kier alpha value is -2.29. The SMILES string of the molecule is c1ccc(COc2nccn3cccc23)cc1. The van der Waals surface area contributed by atoms with Crippen LogP contribution < -0.4 is 4.74 Å². The van der Waals surface area contributed by atoms with Gasteiger partial charge in [0, 0.05) is 18.6 Å². The molecule has 0 aliphatic heterocycles. The molecule has 0 saturated carbocycles. The van der Waals surface area contributed by atoms with Gasteiger partial charge in [0.1, 0.15) is 12.1 Å². The van der Waals surface area contributed by atoms with Gasteiger partial charge in [0.25, 0.3) is 0 Å². The van der Waals surface area contributed by atoms with Crippen LogP contribution in [0, 0.1) is 0 Å². The number of hydrogen-bond acceptors (Lipinski definition) is 2. The lowest BCUT2D eigenvalue weighted by atomic mass is 10.2. The summed E-state index contributed by atoms with van der Waals surface area (Å²) in [5.74, 6) is 0.668. The second kappa shape index (κ2) is 4.29. The predicted molar refractivity (Wildman–Crippen MR) is 66.0 cm³/mol.